The van der Waals surface area contributed by atoms with Gasteiger partial charge in [-0.05, 0) is 37.0 Å². The van der Waals surface area contributed by atoms with E-state index in [9.17, 15) is 4.79 Å². The van der Waals surface area contributed by atoms with Gasteiger partial charge in [-0.15, -0.1) is 0 Å². The minimum Gasteiger partial charge on any atom is -0.325 e. The van der Waals surface area contributed by atoms with Crippen molar-refractivity contribution in [2.75, 3.05) is 6.54 Å². The van der Waals surface area contributed by atoms with Crippen molar-refractivity contribution >= 4 is 5.91 Å². The molecule has 3 nitrogen and oxygen atoms in total. The molecule has 1 aliphatic carbocycles. The van der Waals surface area contributed by atoms with Gasteiger partial charge in [-0.3, -0.25) is 10.1 Å². The fourth-order valence-corrected chi connectivity index (χ4v) is 3.85. The Kier molecular flexibility index (Phi) is 5.48. The predicted octanol–water partition coefficient (Wildman–Crippen LogP) is 3.40. The molecule has 1 heterocycles. The van der Waals surface area contributed by atoms with Crippen LogP contribution in [0, 0.1) is 17.8 Å². The van der Waals surface area contributed by atoms with Crippen LogP contribution in [0.4, 0.5) is 0 Å². The highest BCUT2D eigenvalue weighted by Gasteiger charge is 2.40. The van der Waals surface area contributed by atoms with Gasteiger partial charge < -0.3 is 4.90 Å². The zero-order valence-corrected chi connectivity index (χ0v) is 13.7. The third kappa shape index (κ3) is 3.36. The molecule has 20 heavy (non-hydrogen) atoms. The summed E-state index contributed by atoms with van der Waals surface area (Å²) in [7, 11) is 0. The fourth-order valence-electron chi connectivity index (χ4n) is 3.85. The molecular formula is C17H32N2O. The molecule has 0 bridgehead atoms. The van der Waals surface area contributed by atoms with Crippen LogP contribution in [0.15, 0.2) is 0 Å². The van der Waals surface area contributed by atoms with Crippen molar-refractivity contribution in [2.24, 2.45) is 17.8 Å². The topological polar surface area (TPSA) is 32.3 Å². The summed E-state index contributed by atoms with van der Waals surface area (Å²) in [4.78, 5) is 14.7. The molecule has 0 spiro atoms. The zero-order valence-electron chi connectivity index (χ0n) is 13.7. The Bertz CT molecular complexity index is 321. The molecular weight excluding hydrogens is 248 g/mol. The molecule has 2 fully saturated rings. The van der Waals surface area contributed by atoms with Crippen molar-refractivity contribution in [3.63, 3.8) is 0 Å². The highest BCUT2D eigenvalue weighted by molar-refractivity contribution is 5.84. The Morgan fingerprint density at radius 2 is 1.70 bits per heavy atom. The third-order valence-electron chi connectivity index (χ3n) is 5.33. The number of nitrogens with zero attached hydrogens (tertiary/aromatic N) is 1. The van der Waals surface area contributed by atoms with Crippen molar-refractivity contribution in [1.29, 1.82) is 0 Å². The second-order valence-electron chi connectivity index (χ2n) is 7.10. The van der Waals surface area contributed by atoms with E-state index in [1.807, 2.05) is 0 Å². The van der Waals surface area contributed by atoms with Gasteiger partial charge >= 0.3 is 0 Å². The second kappa shape index (κ2) is 6.93. The van der Waals surface area contributed by atoms with E-state index in [0.717, 1.165) is 24.8 Å². The van der Waals surface area contributed by atoms with Crippen LogP contribution in [0.3, 0.4) is 0 Å². The van der Waals surface area contributed by atoms with Crippen LogP contribution in [0.2, 0.25) is 0 Å². The first-order valence-corrected chi connectivity index (χ1v) is 8.63. The Balaban J connectivity index is 1.94. The average Bonchev–Trinajstić information content (AvgIpc) is 2.77. The largest absolute Gasteiger partial charge is 0.325 e. The van der Waals surface area contributed by atoms with Gasteiger partial charge in [0.15, 0.2) is 0 Å². The van der Waals surface area contributed by atoms with Crippen LogP contribution in [0.25, 0.3) is 0 Å². The molecule has 0 aromatic carbocycles. The zero-order chi connectivity index (χ0) is 14.7. The Morgan fingerprint density at radius 1 is 1.10 bits per heavy atom. The van der Waals surface area contributed by atoms with Gasteiger partial charge in [-0.1, -0.05) is 47.0 Å². The molecule has 1 N–H and O–H groups in total. The second-order valence-corrected chi connectivity index (χ2v) is 7.10. The van der Waals surface area contributed by atoms with Crippen molar-refractivity contribution in [2.45, 2.75) is 78.4 Å². The van der Waals surface area contributed by atoms with E-state index in [1.54, 1.807) is 0 Å². The summed E-state index contributed by atoms with van der Waals surface area (Å²) in [6.07, 6.45) is 7.81. The summed E-state index contributed by atoms with van der Waals surface area (Å²) in [5, 5.41) is 3.53. The van der Waals surface area contributed by atoms with Gasteiger partial charge in [0, 0.05) is 6.54 Å². The molecule has 1 amide bonds. The van der Waals surface area contributed by atoms with E-state index in [0.29, 0.717) is 11.8 Å². The summed E-state index contributed by atoms with van der Waals surface area (Å²) in [6.45, 7) is 9.80. The lowest BCUT2D eigenvalue weighted by Gasteiger charge is -2.34. The number of carbonyl (C=O) groups excluding carboxylic acids is 1. The van der Waals surface area contributed by atoms with E-state index >= 15 is 0 Å². The molecule has 1 saturated carbocycles. The standard InChI is InChI=1S/C17H32N2O/c1-5-13-7-9-14(10-8-13)11-19-16(12(3)4)18-15(6-2)17(19)20/h12-16,18H,5-11H2,1-4H3. The summed E-state index contributed by atoms with van der Waals surface area (Å²) >= 11 is 0. The maximum atomic E-state index is 12.5. The van der Waals surface area contributed by atoms with Crippen LogP contribution in [0.1, 0.15) is 66.2 Å². The third-order valence-corrected chi connectivity index (χ3v) is 5.33. The van der Waals surface area contributed by atoms with Gasteiger partial charge in [0.2, 0.25) is 5.91 Å². The van der Waals surface area contributed by atoms with Gasteiger partial charge in [-0.25, -0.2) is 0 Å². The molecule has 2 atom stereocenters. The van der Waals surface area contributed by atoms with Crippen LogP contribution in [-0.2, 0) is 4.79 Å². The summed E-state index contributed by atoms with van der Waals surface area (Å²) in [5.74, 6) is 2.48. The van der Waals surface area contributed by atoms with Crippen molar-refractivity contribution in [3.05, 3.63) is 0 Å². The van der Waals surface area contributed by atoms with Gasteiger partial charge in [0.25, 0.3) is 0 Å². The van der Waals surface area contributed by atoms with Crippen molar-refractivity contribution < 1.29 is 4.79 Å². The fraction of sp³-hybridized carbons (Fsp3) is 0.941. The molecule has 0 aromatic rings. The quantitative estimate of drug-likeness (QED) is 0.837. The highest BCUT2D eigenvalue weighted by atomic mass is 16.2. The number of hydrogen-bond donors (Lipinski definition) is 1. The maximum absolute atomic E-state index is 12.5. The monoisotopic (exact) mass is 280 g/mol. The van der Waals surface area contributed by atoms with Gasteiger partial charge in [0.05, 0.1) is 12.2 Å². The molecule has 0 radical (unpaired) electrons. The average molecular weight is 280 g/mol. The lowest BCUT2D eigenvalue weighted by molar-refractivity contribution is -0.131. The predicted molar refractivity (Wildman–Crippen MR) is 83.3 cm³/mol. The van der Waals surface area contributed by atoms with Crippen molar-refractivity contribution in [3.8, 4) is 0 Å². The Hall–Kier alpha value is -0.570. The summed E-state index contributed by atoms with van der Waals surface area (Å²) in [6, 6.07) is 0.0504. The van der Waals surface area contributed by atoms with Crippen LogP contribution in [0.5, 0.6) is 0 Å². The number of hydrogen-bond acceptors (Lipinski definition) is 2. The lowest BCUT2D eigenvalue weighted by atomic mass is 9.80. The van der Waals surface area contributed by atoms with Crippen molar-refractivity contribution in [1.82, 2.24) is 10.2 Å². The number of nitrogens with one attached hydrogen (secondary N) is 1. The van der Waals surface area contributed by atoms with E-state index in [4.69, 9.17) is 0 Å². The Morgan fingerprint density at radius 3 is 2.20 bits per heavy atom. The van der Waals surface area contributed by atoms with Gasteiger partial charge in [-0.2, -0.15) is 0 Å². The van der Waals surface area contributed by atoms with Crippen LogP contribution < -0.4 is 5.32 Å². The maximum Gasteiger partial charge on any atom is 0.241 e. The molecule has 1 saturated heterocycles. The molecule has 1 aliphatic heterocycles. The first-order chi connectivity index (χ1) is 9.56. The highest BCUT2D eigenvalue weighted by Crippen LogP contribution is 2.32. The Labute approximate surface area is 124 Å². The SMILES string of the molecule is CCC1CCC(CN2C(=O)C(CC)NC2C(C)C)CC1. The number of amides is 1. The number of carbonyl (C=O) groups is 1. The lowest BCUT2D eigenvalue weighted by Crippen LogP contribution is -2.44. The molecule has 2 unspecified atom stereocenters. The summed E-state index contributed by atoms with van der Waals surface area (Å²) < 4.78 is 0. The van der Waals surface area contributed by atoms with Gasteiger partial charge in [0.1, 0.15) is 0 Å². The molecule has 2 rings (SSSR count). The first kappa shape index (κ1) is 15.8. The van der Waals surface area contributed by atoms with E-state index in [1.165, 1.54) is 32.1 Å². The van der Waals surface area contributed by atoms with E-state index in [-0.39, 0.29) is 12.2 Å². The molecule has 2 aliphatic rings. The molecule has 116 valence electrons. The van der Waals surface area contributed by atoms with Crippen LogP contribution >= 0.6 is 0 Å². The molecule has 3 heteroatoms. The van der Waals surface area contributed by atoms with E-state index < -0.39 is 0 Å². The van der Waals surface area contributed by atoms with E-state index in [2.05, 4.69) is 37.9 Å². The van der Waals surface area contributed by atoms with Crippen LogP contribution in [-0.4, -0.2) is 29.6 Å². The smallest absolute Gasteiger partial charge is 0.241 e. The number of rotatable bonds is 5. The first-order valence-electron chi connectivity index (χ1n) is 8.63. The minimum atomic E-state index is 0.0504. The summed E-state index contributed by atoms with van der Waals surface area (Å²) in [5.41, 5.74) is 0. The molecule has 0 aromatic heterocycles. The normalized spacial score (nSPS) is 35.0. The minimum absolute atomic E-state index is 0.0504.